The summed E-state index contributed by atoms with van der Waals surface area (Å²) in [6.07, 6.45) is 3.75. The minimum atomic E-state index is 0.140. The summed E-state index contributed by atoms with van der Waals surface area (Å²) in [7, 11) is 0. The number of rotatable bonds is 4. The standard InChI is InChI=1S/C10H16N2O/c1-8-3-5-10(7-11-8)6-4-9(2)12-13/h3,5,7,9,12-13H,4,6H2,1-2H3. The molecule has 0 saturated heterocycles. The molecule has 0 aliphatic heterocycles. The lowest BCUT2D eigenvalue weighted by Crippen LogP contribution is -2.22. The maximum absolute atomic E-state index is 8.59. The van der Waals surface area contributed by atoms with E-state index in [4.69, 9.17) is 5.21 Å². The smallest absolute Gasteiger partial charge is 0.0372 e. The van der Waals surface area contributed by atoms with E-state index in [1.807, 2.05) is 26.1 Å². The Morgan fingerprint density at radius 1 is 1.54 bits per heavy atom. The highest BCUT2D eigenvalue weighted by atomic mass is 16.5. The summed E-state index contributed by atoms with van der Waals surface area (Å²) >= 11 is 0. The molecule has 3 heteroatoms. The van der Waals surface area contributed by atoms with E-state index in [-0.39, 0.29) is 6.04 Å². The number of pyridine rings is 1. The van der Waals surface area contributed by atoms with Gasteiger partial charge in [0.2, 0.25) is 0 Å². The van der Waals surface area contributed by atoms with Gasteiger partial charge in [0.25, 0.3) is 0 Å². The van der Waals surface area contributed by atoms with Crippen molar-refractivity contribution in [3.63, 3.8) is 0 Å². The first-order valence-corrected chi connectivity index (χ1v) is 4.53. The number of nitrogens with one attached hydrogen (secondary N) is 1. The van der Waals surface area contributed by atoms with Crippen LogP contribution in [0.3, 0.4) is 0 Å². The maximum atomic E-state index is 8.59. The first kappa shape index (κ1) is 10.2. The molecule has 0 aliphatic rings. The summed E-state index contributed by atoms with van der Waals surface area (Å²) in [5.74, 6) is 0. The number of hydrogen-bond donors (Lipinski definition) is 2. The number of aryl methyl sites for hydroxylation is 2. The Morgan fingerprint density at radius 3 is 2.85 bits per heavy atom. The second-order valence-electron chi connectivity index (χ2n) is 3.38. The van der Waals surface area contributed by atoms with Crippen LogP contribution in [0, 0.1) is 6.92 Å². The van der Waals surface area contributed by atoms with Crippen LogP contribution in [-0.2, 0) is 6.42 Å². The molecule has 1 heterocycles. The van der Waals surface area contributed by atoms with Crippen LogP contribution in [0.15, 0.2) is 18.3 Å². The minimum Gasteiger partial charge on any atom is -0.317 e. The first-order chi connectivity index (χ1) is 6.22. The van der Waals surface area contributed by atoms with Gasteiger partial charge < -0.3 is 5.21 Å². The summed E-state index contributed by atoms with van der Waals surface area (Å²) < 4.78 is 0. The zero-order chi connectivity index (χ0) is 9.68. The zero-order valence-corrected chi connectivity index (χ0v) is 8.12. The van der Waals surface area contributed by atoms with Gasteiger partial charge in [0.15, 0.2) is 0 Å². The van der Waals surface area contributed by atoms with Gasteiger partial charge in [-0.1, -0.05) is 6.07 Å². The Labute approximate surface area is 78.8 Å². The quantitative estimate of drug-likeness (QED) is 0.693. The summed E-state index contributed by atoms with van der Waals surface area (Å²) in [5, 5.41) is 8.59. The Kier molecular flexibility index (Phi) is 3.86. The molecule has 0 aromatic carbocycles. The van der Waals surface area contributed by atoms with E-state index < -0.39 is 0 Å². The molecule has 2 N–H and O–H groups in total. The predicted octanol–water partition coefficient (Wildman–Crippen LogP) is 1.69. The van der Waals surface area contributed by atoms with Crippen molar-refractivity contribution in [1.82, 2.24) is 10.5 Å². The number of hydrogen-bond acceptors (Lipinski definition) is 3. The van der Waals surface area contributed by atoms with Crippen LogP contribution in [-0.4, -0.2) is 16.2 Å². The van der Waals surface area contributed by atoms with Crippen LogP contribution in [0.2, 0.25) is 0 Å². The summed E-state index contributed by atoms with van der Waals surface area (Å²) in [6, 6.07) is 4.22. The van der Waals surface area contributed by atoms with E-state index in [0.29, 0.717) is 0 Å². The topological polar surface area (TPSA) is 45.1 Å². The molecule has 1 atom stereocenters. The molecule has 72 valence electrons. The van der Waals surface area contributed by atoms with Gasteiger partial charge in [-0.3, -0.25) is 4.98 Å². The lowest BCUT2D eigenvalue weighted by Gasteiger charge is -2.07. The SMILES string of the molecule is Cc1ccc(CCC(C)NO)cn1. The minimum absolute atomic E-state index is 0.140. The van der Waals surface area contributed by atoms with E-state index in [0.717, 1.165) is 18.5 Å². The third-order valence-corrected chi connectivity index (χ3v) is 2.06. The molecule has 0 bridgehead atoms. The molecular weight excluding hydrogens is 164 g/mol. The number of aromatic nitrogens is 1. The molecule has 0 spiro atoms. The average molecular weight is 180 g/mol. The molecule has 0 amide bonds. The van der Waals surface area contributed by atoms with Gasteiger partial charge in [-0.25, -0.2) is 5.48 Å². The fourth-order valence-corrected chi connectivity index (χ4v) is 1.09. The van der Waals surface area contributed by atoms with Gasteiger partial charge in [-0.2, -0.15) is 0 Å². The Balaban J connectivity index is 2.41. The van der Waals surface area contributed by atoms with Crippen LogP contribution in [0.5, 0.6) is 0 Å². The summed E-state index contributed by atoms with van der Waals surface area (Å²) in [5.41, 5.74) is 4.48. The molecule has 1 unspecified atom stereocenters. The summed E-state index contributed by atoms with van der Waals surface area (Å²) in [4.78, 5) is 4.20. The molecule has 0 aliphatic carbocycles. The highest BCUT2D eigenvalue weighted by molar-refractivity contribution is 5.13. The van der Waals surface area contributed by atoms with Crippen LogP contribution >= 0.6 is 0 Å². The maximum Gasteiger partial charge on any atom is 0.0372 e. The molecule has 1 aromatic rings. The van der Waals surface area contributed by atoms with Crippen molar-refractivity contribution in [3.05, 3.63) is 29.6 Å². The van der Waals surface area contributed by atoms with Crippen molar-refractivity contribution < 1.29 is 5.21 Å². The van der Waals surface area contributed by atoms with Crippen molar-refractivity contribution in [1.29, 1.82) is 0 Å². The van der Waals surface area contributed by atoms with E-state index in [9.17, 15) is 0 Å². The zero-order valence-electron chi connectivity index (χ0n) is 8.12. The predicted molar refractivity (Wildman–Crippen MR) is 51.7 cm³/mol. The van der Waals surface area contributed by atoms with E-state index in [1.54, 1.807) is 0 Å². The van der Waals surface area contributed by atoms with E-state index in [1.165, 1.54) is 5.56 Å². The van der Waals surface area contributed by atoms with Crippen molar-refractivity contribution >= 4 is 0 Å². The van der Waals surface area contributed by atoms with Crippen LogP contribution in [0.4, 0.5) is 0 Å². The first-order valence-electron chi connectivity index (χ1n) is 4.53. The third kappa shape index (κ3) is 3.53. The highest BCUT2D eigenvalue weighted by Crippen LogP contribution is 2.04. The third-order valence-electron chi connectivity index (χ3n) is 2.06. The Morgan fingerprint density at radius 2 is 2.31 bits per heavy atom. The fourth-order valence-electron chi connectivity index (χ4n) is 1.09. The summed E-state index contributed by atoms with van der Waals surface area (Å²) in [6.45, 7) is 3.92. The molecular formula is C10H16N2O. The molecule has 13 heavy (non-hydrogen) atoms. The number of hydroxylamine groups is 1. The van der Waals surface area contributed by atoms with E-state index >= 15 is 0 Å². The van der Waals surface area contributed by atoms with Crippen LogP contribution < -0.4 is 5.48 Å². The largest absolute Gasteiger partial charge is 0.317 e. The monoisotopic (exact) mass is 180 g/mol. The molecule has 0 saturated carbocycles. The molecule has 0 fully saturated rings. The Bertz CT molecular complexity index is 246. The van der Waals surface area contributed by atoms with Gasteiger partial charge in [0, 0.05) is 17.9 Å². The van der Waals surface area contributed by atoms with Crippen molar-refractivity contribution in [2.75, 3.05) is 0 Å². The lowest BCUT2D eigenvalue weighted by atomic mass is 10.1. The molecule has 3 nitrogen and oxygen atoms in total. The second kappa shape index (κ2) is 4.94. The van der Waals surface area contributed by atoms with Crippen molar-refractivity contribution in [2.24, 2.45) is 0 Å². The average Bonchev–Trinajstić information content (AvgIpc) is 2.16. The molecule has 1 aromatic heterocycles. The number of nitrogens with zero attached hydrogens (tertiary/aromatic N) is 1. The van der Waals surface area contributed by atoms with Gasteiger partial charge in [0.1, 0.15) is 0 Å². The van der Waals surface area contributed by atoms with Crippen molar-refractivity contribution in [2.45, 2.75) is 32.7 Å². The lowest BCUT2D eigenvalue weighted by molar-refractivity contribution is 0.129. The van der Waals surface area contributed by atoms with Gasteiger partial charge in [-0.05, 0) is 38.3 Å². The second-order valence-corrected chi connectivity index (χ2v) is 3.38. The van der Waals surface area contributed by atoms with Gasteiger partial charge in [-0.15, -0.1) is 0 Å². The highest BCUT2D eigenvalue weighted by Gasteiger charge is 2.00. The molecule has 1 rings (SSSR count). The van der Waals surface area contributed by atoms with Crippen LogP contribution in [0.25, 0.3) is 0 Å². The van der Waals surface area contributed by atoms with Gasteiger partial charge >= 0.3 is 0 Å². The fraction of sp³-hybridized carbons (Fsp3) is 0.500. The van der Waals surface area contributed by atoms with Gasteiger partial charge in [0.05, 0.1) is 0 Å². The normalized spacial score (nSPS) is 12.8. The van der Waals surface area contributed by atoms with E-state index in [2.05, 4.69) is 16.5 Å². The van der Waals surface area contributed by atoms with Crippen molar-refractivity contribution in [3.8, 4) is 0 Å². The van der Waals surface area contributed by atoms with Crippen LogP contribution in [0.1, 0.15) is 24.6 Å². The molecule has 0 radical (unpaired) electrons. The Hall–Kier alpha value is -0.930.